The molecule has 0 atom stereocenters. The van der Waals surface area contributed by atoms with E-state index in [1.54, 1.807) is 0 Å². The van der Waals surface area contributed by atoms with E-state index in [-0.39, 0.29) is 3.18 Å². The molecule has 1 nitrogen and oxygen atoms in total. The molecule has 0 aromatic heterocycles. The van der Waals surface area contributed by atoms with Crippen molar-refractivity contribution in [3.63, 3.8) is 0 Å². The Hall–Kier alpha value is 1.46. The molecule has 1 rings (SSSR count). The van der Waals surface area contributed by atoms with Crippen LogP contribution in [0, 0.1) is 0 Å². The van der Waals surface area contributed by atoms with Crippen molar-refractivity contribution < 1.29 is 4.74 Å². The number of ether oxygens (including phenoxy) is 1. The van der Waals surface area contributed by atoms with Crippen LogP contribution in [0.4, 0.5) is 0 Å². The van der Waals surface area contributed by atoms with Crippen molar-refractivity contribution in [3.8, 4) is 0 Å². The quantitative estimate of drug-likeness (QED) is 0.623. The van der Waals surface area contributed by atoms with Crippen LogP contribution in [0.3, 0.4) is 0 Å². The molecule has 1 aliphatic rings. The number of rotatable bonds is 0. The lowest BCUT2D eigenvalue weighted by molar-refractivity contribution is 0.198. The van der Waals surface area contributed by atoms with Crippen molar-refractivity contribution in [1.82, 2.24) is 0 Å². The smallest absolute Gasteiger partial charge is 0.369 e. The fourth-order valence-electron chi connectivity index (χ4n) is 0.510. The van der Waals surface area contributed by atoms with Crippen LogP contribution in [0.2, 0.25) is 0 Å². The summed E-state index contributed by atoms with van der Waals surface area (Å²) in [6, 6.07) is 0. The maximum absolute atomic E-state index is 4.94. The summed E-state index contributed by atoms with van der Waals surface area (Å²) in [5.74, 6) is 0. The molecule has 54 valence electrons. The molecule has 0 aromatic carbocycles. The van der Waals surface area contributed by atoms with Crippen molar-refractivity contribution >= 4 is 50.5 Å². The summed E-state index contributed by atoms with van der Waals surface area (Å²) < 4.78 is 5.22. The van der Waals surface area contributed by atoms with Gasteiger partial charge in [0.05, 0.1) is 0 Å². The molecule has 0 unspecified atom stereocenters. The van der Waals surface area contributed by atoms with Gasteiger partial charge in [-0.3, -0.25) is 0 Å². The third kappa shape index (κ3) is 12.6. The third-order valence-electron chi connectivity index (χ3n) is 0.827. The standard InChI is InChI=1S/C4H8O.BBr3/c1-2-4-5-3-1;2-1(3)4/h1-4H2;. The average Bonchev–Trinajstić information content (AvgIpc) is 2.11. The van der Waals surface area contributed by atoms with Crippen molar-refractivity contribution in [3.05, 3.63) is 0 Å². The van der Waals surface area contributed by atoms with Gasteiger partial charge in [-0.2, -0.15) is 0 Å². The molecule has 0 N–H and O–H groups in total. The molecule has 5 heteroatoms. The molecule has 1 aliphatic heterocycles. The lowest BCUT2D eigenvalue weighted by Gasteiger charge is -1.76. The number of halogens is 3. The van der Waals surface area contributed by atoms with Crippen molar-refractivity contribution in [1.29, 1.82) is 0 Å². The lowest BCUT2D eigenvalue weighted by atomic mass is 10.4. The SMILES string of the molecule is BrB(Br)Br.C1CCOC1. The van der Waals surface area contributed by atoms with E-state index in [0.29, 0.717) is 0 Å². The molecule has 1 fully saturated rings. The Kier molecular flexibility index (Phi) is 8.80. The van der Waals surface area contributed by atoms with Gasteiger partial charge >= 0.3 is 3.18 Å². The fourth-order valence-corrected chi connectivity index (χ4v) is 0.510. The lowest BCUT2D eigenvalue weighted by Crippen LogP contribution is -1.74. The Labute approximate surface area is 80.9 Å². The minimum Gasteiger partial charge on any atom is -0.381 e. The van der Waals surface area contributed by atoms with Crippen LogP contribution < -0.4 is 0 Å². The summed E-state index contributed by atoms with van der Waals surface area (Å²) in [5, 5.41) is 0. The van der Waals surface area contributed by atoms with Gasteiger partial charge in [-0.25, -0.2) is 0 Å². The second-order valence-corrected chi connectivity index (χ2v) is 8.00. The van der Waals surface area contributed by atoms with Crippen molar-refractivity contribution in [2.45, 2.75) is 12.8 Å². The van der Waals surface area contributed by atoms with E-state index in [9.17, 15) is 0 Å². The highest BCUT2D eigenvalue weighted by Crippen LogP contribution is 2.07. The van der Waals surface area contributed by atoms with E-state index in [1.807, 2.05) is 0 Å². The Bertz CT molecular complexity index is 47.4. The highest BCUT2D eigenvalue weighted by molar-refractivity contribution is 9.69. The molecule has 9 heavy (non-hydrogen) atoms. The maximum atomic E-state index is 4.94. The number of hydrogen-bond acceptors (Lipinski definition) is 1. The molecule has 0 radical (unpaired) electrons. The Balaban J connectivity index is 0.000000148. The van der Waals surface area contributed by atoms with E-state index in [4.69, 9.17) is 4.74 Å². The molecule has 0 saturated carbocycles. The van der Waals surface area contributed by atoms with Gasteiger partial charge < -0.3 is 4.74 Å². The van der Waals surface area contributed by atoms with Gasteiger partial charge in [-0.1, -0.05) is 0 Å². The van der Waals surface area contributed by atoms with Gasteiger partial charge in [0.2, 0.25) is 0 Å². The van der Waals surface area contributed by atoms with Gasteiger partial charge in [-0.05, 0) is 12.8 Å². The van der Waals surface area contributed by atoms with Crippen molar-refractivity contribution in [2.75, 3.05) is 13.2 Å². The van der Waals surface area contributed by atoms with Crippen LogP contribution in [-0.2, 0) is 4.74 Å². The second-order valence-electron chi connectivity index (χ2n) is 1.57. The third-order valence-corrected chi connectivity index (χ3v) is 0.827. The summed E-state index contributed by atoms with van der Waals surface area (Å²) in [4.78, 5) is 0. The van der Waals surface area contributed by atoms with E-state index in [1.165, 1.54) is 12.8 Å². The topological polar surface area (TPSA) is 9.23 Å². The first kappa shape index (κ1) is 10.5. The predicted octanol–water partition coefficient (Wildman–Crippen LogP) is 2.95. The molecule has 0 spiro atoms. The van der Waals surface area contributed by atoms with Gasteiger partial charge in [0.15, 0.2) is 0 Å². The Morgan fingerprint density at radius 3 is 1.44 bits per heavy atom. The van der Waals surface area contributed by atoms with E-state index < -0.39 is 0 Å². The summed E-state index contributed by atoms with van der Waals surface area (Å²) in [6.45, 7) is 2.00. The van der Waals surface area contributed by atoms with E-state index >= 15 is 0 Å². The van der Waals surface area contributed by atoms with Crippen LogP contribution in [0.25, 0.3) is 0 Å². The predicted molar refractivity (Wildman–Crippen MR) is 52.6 cm³/mol. The zero-order valence-electron chi connectivity index (χ0n) is 4.95. The Morgan fingerprint density at radius 2 is 1.33 bits per heavy atom. The van der Waals surface area contributed by atoms with E-state index in [0.717, 1.165) is 13.2 Å². The summed E-state index contributed by atoms with van der Waals surface area (Å²) >= 11 is 9.31. The molecule has 1 saturated heterocycles. The summed E-state index contributed by atoms with van der Waals surface area (Å²) in [6.07, 6.45) is 2.56. The minimum absolute atomic E-state index is 0.271. The van der Waals surface area contributed by atoms with Crippen LogP contribution in [-0.4, -0.2) is 16.4 Å². The molecule has 0 aromatic rings. The van der Waals surface area contributed by atoms with Gasteiger partial charge in [0, 0.05) is 13.2 Å². The monoisotopic (exact) mass is 320 g/mol. The van der Waals surface area contributed by atoms with Crippen LogP contribution >= 0.6 is 47.3 Å². The molecular formula is C4H8BBr3O. The first-order chi connectivity index (χ1) is 4.23. The van der Waals surface area contributed by atoms with Crippen LogP contribution in [0.1, 0.15) is 12.8 Å². The maximum Gasteiger partial charge on any atom is 0.369 e. The Morgan fingerprint density at radius 1 is 1.00 bits per heavy atom. The van der Waals surface area contributed by atoms with Crippen LogP contribution in [0.15, 0.2) is 0 Å². The van der Waals surface area contributed by atoms with Gasteiger partial charge in [-0.15, -0.1) is 47.3 Å². The average molecular weight is 323 g/mol. The van der Waals surface area contributed by atoms with Crippen LogP contribution in [0.5, 0.6) is 0 Å². The zero-order valence-corrected chi connectivity index (χ0v) is 9.71. The summed E-state index contributed by atoms with van der Waals surface area (Å²) in [5.41, 5.74) is 0. The summed E-state index contributed by atoms with van der Waals surface area (Å²) in [7, 11) is 0. The fraction of sp³-hybridized carbons (Fsp3) is 1.00. The second kappa shape index (κ2) is 7.57. The number of hydrogen-bond donors (Lipinski definition) is 0. The highest BCUT2D eigenvalue weighted by Gasteiger charge is 1.94. The van der Waals surface area contributed by atoms with Gasteiger partial charge in [0.1, 0.15) is 0 Å². The highest BCUT2D eigenvalue weighted by atomic mass is 79.9. The minimum atomic E-state index is 0.271. The molecule has 1 heterocycles. The molecule has 0 amide bonds. The van der Waals surface area contributed by atoms with Gasteiger partial charge in [0.25, 0.3) is 0 Å². The zero-order chi connectivity index (χ0) is 7.11. The first-order valence-electron chi connectivity index (χ1n) is 2.73. The van der Waals surface area contributed by atoms with Crippen molar-refractivity contribution in [2.24, 2.45) is 0 Å². The molecular weight excluding hydrogens is 315 g/mol. The molecule has 0 bridgehead atoms. The normalized spacial score (nSPS) is 16.3. The first-order valence-corrected chi connectivity index (χ1v) is 5.48. The largest absolute Gasteiger partial charge is 0.381 e. The molecule has 0 aliphatic carbocycles. The van der Waals surface area contributed by atoms with E-state index in [2.05, 4.69) is 47.3 Å².